The van der Waals surface area contributed by atoms with Gasteiger partial charge in [-0.2, -0.15) is 4.98 Å². The van der Waals surface area contributed by atoms with Crippen molar-refractivity contribution in [3.8, 4) is 5.69 Å². The van der Waals surface area contributed by atoms with E-state index in [4.69, 9.17) is 10.5 Å². The Hall–Kier alpha value is -3.63. The van der Waals surface area contributed by atoms with Gasteiger partial charge in [0.2, 0.25) is 5.95 Å². The minimum Gasteiger partial charge on any atom is -0.465 e. The van der Waals surface area contributed by atoms with Crippen LogP contribution in [0.25, 0.3) is 16.7 Å². The monoisotopic (exact) mass is 464 g/mol. The first-order valence-corrected chi connectivity index (χ1v) is 11.5. The molecule has 0 radical (unpaired) electrons. The van der Waals surface area contributed by atoms with Crippen LogP contribution in [0.4, 0.5) is 23.1 Å². The van der Waals surface area contributed by atoms with Crippen molar-refractivity contribution in [3.05, 3.63) is 52.9 Å². The zero-order valence-electron chi connectivity index (χ0n) is 18.1. The Kier molecular flexibility index (Phi) is 5.61. The molecule has 0 spiro atoms. The first-order chi connectivity index (χ1) is 16.0. The third-order valence-corrected chi connectivity index (χ3v) is 6.69. The van der Waals surface area contributed by atoms with E-state index in [0.717, 1.165) is 42.8 Å². The number of rotatable bonds is 5. The molecule has 1 aliphatic rings. The average molecular weight is 465 g/mol. The topological polar surface area (TPSA) is 119 Å². The third kappa shape index (κ3) is 4.10. The van der Waals surface area contributed by atoms with Crippen molar-refractivity contribution in [3.63, 3.8) is 0 Å². The summed E-state index contributed by atoms with van der Waals surface area (Å²) in [5, 5.41) is 14.8. The number of anilines is 4. The fourth-order valence-corrected chi connectivity index (χ4v) is 4.87. The van der Waals surface area contributed by atoms with Crippen LogP contribution in [0.3, 0.4) is 0 Å². The number of carbonyl (C=O) groups excluding carboxylic acids is 1. The number of hydrogen-bond donors (Lipinski definition) is 3. The molecule has 33 heavy (non-hydrogen) atoms. The molecule has 9 nitrogen and oxygen atoms in total. The van der Waals surface area contributed by atoms with E-state index in [-0.39, 0.29) is 12.1 Å². The van der Waals surface area contributed by atoms with Crippen LogP contribution in [-0.2, 0) is 4.74 Å². The lowest BCUT2D eigenvalue weighted by Crippen LogP contribution is -2.35. The van der Waals surface area contributed by atoms with Crippen LogP contribution in [0.1, 0.15) is 22.5 Å². The molecule has 3 aromatic heterocycles. The van der Waals surface area contributed by atoms with Crippen LogP contribution in [0.2, 0.25) is 0 Å². The van der Waals surface area contributed by atoms with Gasteiger partial charge in [-0.3, -0.25) is 0 Å². The van der Waals surface area contributed by atoms with Crippen molar-refractivity contribution in [1.29, 1.82) is 0 Å². The van der Waals surface area contributed by atoms with E-state index in [1.807, 2.05) is 34.3 Å². The van der Waals surface area contributed by atoms with Crippen LogP contribution in [0.5, 0.6) is 0 Å². The summed E-state index contributed by atoms with van der Waals surface area (Å²) in [7, 11) is 1.35. The summed E-state index contributed by atoms with van der Waals surface area (Å²) in [5.74, 6) is 0.224. The highest BCUT2D eigenvalue weighted by molar-refractivity contribution is 7.12. The molecule has 4 N–H and O–H groups in total. The van der Waals surface area contributed by atoms with E-state index >= 15 is 0 Å². The zero-order chi connectivity index (χ0) is 22.9. The standard InChI is InChI=1S/C23H24N6O3S/c1-32-22(31)20-18(9-13-33-20)25-21-19-17(26-23(24)27-21)8-12-29(19)15-4-2-14(3-5-15)28-10-6-16(30)7-11-28/h2-5,8-9,12-13,16,30H,6-7,10-11H2,1H3,(H3,24,25,26,27). The number of aromatic nitrogens is 3. The number of esters is 1. The second-order valence-corrected chi connectivity index (χ2v) is 8.78. The highest BCUT2D eigenvalue weighted by atomic mass is 32.1. The van der Waals surface area contributed by atoms with Crippen LogP contribution in [0, 0.1) is 0 Å². The second-order valence-electron chi connectivity index (χ2n) is 7.86. The Labute approximate surface area is 194 Å². The van der Waals surface area contributed by atoms with Crippen LogP contribution in [0.15, 0.2) is 48.0 Å². The molecule has 0 saturated carbocycles. The molecule has 0 unspecified atom stereocenters. The van der Waals surface area contributed by atoms with Crippen molar-refractivity contribution in [2.75, 3.05) is 36.1 Å². The van der Waals surface area contributed by atoms with Gasteiger partial charge >= 0.3 is 5.97 Å². The lowest BCUT2D eigenvalue weighted by atomic mass is 10.1. The largest absolute Gasteiger partial charge is 0.465 e. The van der Waals surface area contributed by atoms with Gasteiger partial charge in [0.15, 0.2) is 5.82 Å². The molecule has 1 fully saturated rings. The molecule has 5 rings (SSSR count). The van der Waals surface area contributed by atoms with Gasteiger partial charge in [0.25, 0.3) is 0 Å². The van der Waals surface area contributed by atoms with E-state index in [9.17, 15) is 9.90 Å². The van der Waals surface area contributed by atoms with Gasteiger partial charge in [-0.05, 0) is 54.6 Å². The second kappa shape index (κ2) is 8.72. The van der Waals surface area contributed by atoms with Crippen molar-refractivity contribution in [2.45, 2.75) is 18.9 Å². The normalized spacial score (nSPS) is 14.5. The number of methoxy groups -OCH3 is 1. The molecule has 1 aliphatic heterocycles. The molecular weight excluding hydrogens is 440 g/mol. The third-order valence-electron chi connectivity index (χ3n) is 5.80. The van der Waals surface area contributed by atoms with Crippen LogP contribution >= 0.6 is 11.3 Å². The lowest BCUT2D eigenvalue weighted by molar-refractivity contribution is 0.0607. The predicted molar refractivity (Wildman–Crippen MR) is 130 cm³/mol. The molecule has 0 bridgehead atoms. The molecule has 170 valence electrons. The number of nitrogens with two attached hydrogens (primary N) is 1. The molecule has 0 amide bonds. The Bertz CT molecular complexity index is 1290. The molecule has 1 saturated heterocycles. The maximum atomic E-state index is 12.1. The minimum absolute atomic E-state index is 0.139. The molecular formula is C23H24N6O3S. The highest BCUT2D eigenvalue weighted by Crippen LogP contribution is 2.32. The summed E-state index contributed by atoms with van der Waals surface area (Å²) in [4.78, 5) is 23.6. The van der Waals surface area contributed by atoms with Crippen molar-refractivity contribution < 1.29 is 14.6 Å². The zero-order valence-corrected chi connectivity index (χ0v) is 18.9. The number of hydrogen-bond acceptors (Lipinski definition) is 9. The first-order valence-electron chi connectivity index (χ1n) is 10.6. The maximum absolute atomic E-state index is 12.1. The van der Waals surface area contributed by atoms with Gasteiger partial charge in [-0.25, -0.2) is 9.78 Å². The van der Waals surface area contributed by atoms with Gasteiger partial charge in [0, 0.05) is 30.7 Å². The number of ether oxygens (including phenoxy) is 1. The molecule has 4 heterocycles. The van der Waals surface area contributed by atoms with E-state index in [1.54, 1.807) is 6.07 Å². The molecule has 4 aromatic rings. The fraction of sp³-hybridized carbons (Fsp3) is 0.261. The Morgan fingerprint density at radius 1 is 1.15 bits per heavy atom. The number of carbonyl (C=O) groups is 1. The lowest BCUT2D eigenvalue weighted by Gasteiger charge is -2.31. The number of aliphatic hydroxyl groups excluding tert-OH is 1. The number of nitrogen functional groups attached to an aromatic ring is 1. The predicted octanol–water partition coefficient (Wildman–Crippen LogP) is 3.56. The van der Waals surface area contributed by atoms with Crippen LogP contribution < -0.4 is 16.0 Å². The SMILES string of the molecule is COC(=O)c1sccc1Nc1nc(N)nc2ccn(-c3ccc(N4CCC(O)CC4)cc3)c12. The Balaban J connectivity index is 1.50. The van der Waals surface area contributed by atoms with Crippen molar-refractivity contribution in [2.24, 2.45) is 0 Å². The first kappa shape index (κ1) is 21.2. The molecule has 0 atom stereocenters. The average Bonchev–Trinajstić information content (AvgIpc) is 3.46. The van der Waals surface area contributed by atoms with E-state index < -0.39 is 5.97 Å². The molecule has 1 aromatic carbocycles. The van der Waals surface area contributed by atoms with E-state index in [2.05, 4.69) is 32.3 Å². The molecule has 10 heteroatoms. The van der Waals surface area contributed by atoms with Crippen LogP contribution in [-0.4, -0.2) is 51.9 Å². The fourth-order valence-electron chi connectivity index (χ4n) is 4.10. The highest BCUT2D eigenvalue weighted by Gasteiger charge is 2.19. The summed E-state index contributed by atoms with van der Waals surface area (Å²) >= 11 is 1.29. The number of piperidine rings is 1. The Morgan fingerprint density at radius 3 is 2.61 bits per heavy atom. The number of fused-ring (bicyclic) bond motifs is 1. The van der Waals surface area contributed by atoms with Gasteiger partial charge in [-0.1, -0.05) is 0 Å². The van der Waals surface area contributed by atoms with Gasteiger partial charge in [0.05, 0.1) is 24.4 Å². The summed E-state index contributed by atoms with van der Waals surface area (Å²) in [6.07, 6.45) is 3.29. The van der Waals surface area contributed by atoms with E-state index in [1.165, 1.54) is 18.4 Å². The van der Waals surface area contributed by atoms with Gasteiger partial charge in [-0.15, -0.1) is 11.3 Å². The van der Waals surface area contributed by atoms with E-state index in [0.29, 0.717) is 21.9 Å². The number of thiophene rings is 1. The summed E-state index contributed by atoms with van der Waals surface area (Å²) in [5.41, 5.74) is 10.1. The molecule has 0 aliphatic carbocycles. The summed E-state index contributed by atoms with van der Waals surface area (Å²) in [6.45, 7) is 1.69. The van der Waals surface area contributed by atoms with Crippen molar-refractivity contribution >= 4 is 51.5 Å². The maximum Gasteiger partial charge on any atom is 0.350 e. The van der Waals surface area contributed by atoms with Crippen molar-refractivity contribution in [1.82, 2.24) is 14.5 Å². The Morgan fingerprint density at radius 2 is 1.88 bits per heavy atom. The smallest absolute Gasteiger partial charge is 0.350 e. The van der Waals surface area contributed by atoms with Gasteiger partial charge < -0.3 is 30.4 Å². The number of nitrogens with zero attached hydrogens (tertiary/aromatic N) is 4. The number of benzene rings is 1. The van der Waals surface area contributed by atoms with Gasteiger partial charge in [0.1, 0.15) is 10.4 Å². The minimum atomic E-state index is -0.415. The summed E-state index contributed by atoms with van der Waals surface area (Å²) in [6, 6.07) is 11.9. The summed E-state index contributed by atoms with van der Waals surface area (Å²) < 4.78 is 6.87. The quantitative estimate of drug-likeness (QED) is 0.384. The number of nitrogens with one attached hydrogen (secondary N) is 1. The number of aliphatic hydroxyl groups is 1.